The van der Waals surface area contributed by atoms with Gasteiger partial charge < -0.3 is 5.32 Å². The lowest BCUT2D eigenvalue weighted by Crippen LogP contribution is -2.51. The Bertz CT molecular complexity index is 1480. The van der Waals surface area contributed by atoms with Crippen LogP contribution in [0.5, 0.6) is 0 Å². The van der Waals surface area contributed by atoms with Gasteiger partial charge in [-0.1, -0.05) is 66.7 Å². The van der Waals surface area contributed by atoms with Crippen LogP contribution < -0.4 is 5.32 Å². The Morgan fingerprint density at radius 3 is 2.19 bits per heavy atom. The van der Waals surface area contributed by atoms with Crippen LogP contribution in [0.3, 0.4) is 0 Å². The van der Waals surface area contributed by atoms with Gasteiger partial charge in [0.05, 0.1) is 17.3 Å². The molecule has 2 aliphatic carbocycles. The minimum atomic E-state index is -1.44. The minimum Gasteiger partial charge on any atom is -0.325 e. The second-order valence-electron chi connectivity index (χ2n) is 8.25. The highest BCUT2D eigenvalue weighted by Crippen LogP contribution is 2.58. The molecule has 146 valence electrons. The number of amides is 1. The van der Waals surface area contributed by atoms with Gasteiger partial charge in [-0.3, -0.25) is 19.4 Å². The molecule has 31 heavy (non-hydrogen) atoms. The molecule has 0 saturated carbocycles. The summed E-state index contributed by atoms with van der Waals surface area (Å²) in [4.78, 5) is 46.1. The van der Waals surface area contributed by atoms with E-state index in [9.17, 15) is 14.4 Å². The molecule has 2 aliphatic heterocycles. The molecule has 1 spiro atoms. The standard InChI is InChI=1S/C26H14N2O3/c29-23-15-9-3-1-7-13(15)21-19(23)26(17-11-5-6-12-18(17)27-25(26)31)20-22(28-21)14-8-2-4-10-16(14)24(20)30/h1-12,19H,(H,27,31). The monoisotopic (exact) mass is 402 g/mol. The zero-order valence-electron chi connectivity index (χ0n) is 16.2. The van der Waals surface area contributed by atoms with Crippen molar-refractivity contribution in [1.29, 1.82) is 0 Å². The summed E-state index contributed by atoms with van der Waals surface area (Å²) >= 11 is 0. The summed E-state index contributed by atoms with van der Waals surface area (Å²) in [5, 5.41) is 2.95. The maximum atomic E-state index is 13.8. The van der Waals surface area contributed by atoms with Crippen molar-refractivity contribution in [2.75, 3.05) is 5.32 Å². The number of ketones is 2. The Balaban J connectivity index is 1.65. The minimum absolute atomic E-state index is 0.170. The van der Waals surface area contributed by atoms with Crippen LogP contribution in [0.15, 0.2) is 83.4 Å². The molecule has 3 aromatic carbocycles. The van der Waals surface area contributed by atoms with Crippen molar-refractivity contribution in [1.82, 2.24) is 0 Å². The topological polar surface area (TPSA) is 75.6 Å². The quantitative estimate of drug-likeness (QED) is 0.622. The fourth-order valence-electron chi connectivity index (χ4n) is 5.71. The average Bonchev–Trinajstić information content (AvgIpc) is 3.37. The van der Waals surface area contributed by atoms with Gasteiger partial charge in [-0.15, -0.1) is 0 Å². The predicted octanol–water partition coefficient (Wildman–Crippen LogP) is 3.80. The van der Waals surface area contributed by atoms with Gasteiger partial charge in [0.25, 0.3) is 0 Å². The number of aliphatic imine (C=N–C) groups is 1. The first-order valence-corrected chi connectivity index (χ1v) is 10.2. The maximum Gasteiger partial charge on any atom is 0.240 e. The molecule has 7 rings (SSSR count). The van der Waals surface area contributed by atoms with Crippen LogP contribution in [-0.4, -0.2) is 23.2 Å². The van der Waals surface area contributed by atoms with Crippen LogP contribution in [0.25, 0.3) is 5.70 Å². The van der Waals surface area contributed by atoms with Gasteiger partial charge in [-0.05, 0) is 11.6 Å². The van der Waals surface area contributed by atoms with Crippen molar-refractivity contribution in [2.24, 2.45) is 10.9 Å². The first kappa shape index (κ1) is 16.7. The zero-order valence-corrected chi connectivity index (χ0v) is 16.2. The van der Waals surface area contributed by atoms with Crippen LogP contribution in [0.4, 0.5) is 5.69 Å². The lowest BCUT2D eigenvalue weighted by atomic mass is 9.62. The Morgan fingerprint density at radius 1 is 0.742 bits per heavy atom. The van der Waals surface area contributed by atoms with E-state index in [1.807, 2.05) is 54.6 Å². The van der Waals surface area contributed by atoms with E-state index < -0.39 is 11.3 Å². The number of fused-ring (bicyclic) bond motifs is 9. The smallest absolute Gasteiger partial charge is 0.240 e. The summed E-state index contributed by atoms with van der Waals surface area (Å²) in [5.74, 6) is -1.62. The van der Waals surface area contributed by atoms with Crippen molar-refractivity contribution in [2.45, 2.75) is 5.41 Å². The van der Waals surface area contributed by atoms with E-state index in [1.165, 1.54) is 0 Å². The molecule has 2 atom stereocenters. The predicted molar refractivity (Wildman–Crippen MR) is 115 cm³/mol. The van der Waals surface area contributed by atoms with Crippen LogP contribution in [-0.2, 0) is 10.2 Å². The van der Waals surface area contributed by atoms with Crippen molar-refractivity contribution in [3.8, 4) is 0 Å². The summed E-state index contributed by atoms with van der Waals surface area (Å²) < 4.78 is 0. The van der Waals surface area contributed by atoms with Gasteiger partial charge in [0.2, 0.25) is 5.91 Å². The number of rotatable bonds is 0. The van der Waals surface area contributed by atoms with Gasteiger partial charge in [0.15, 0.2) is 11.6 Å². The number of carbonyl (C=O) groups excluding carboxylic acids is 3. The number of Topliss-reactive ketones (excluding diaryl/α,β-unsaturated/α-hetero) is 2. The summed E-state index contributed by atoms with van der Waals surface area (Å²) in [5.41, 5.74) is 3.75. The molecular weight excluding hydrogens is 388 g/mol. The van der Waals surface area contributed by atoms with Crippen LogP contribution in [0.1, 0.15) is 37.4 Å². The number of nitrogens with zero attached hydrogens (tertiary/aromatic N) is 1. The van der Waals surface area contributed by atoms with Gasteiger partial charge in [-0.25, -0.2) is 0 Å². The van der Waals surface area contributed by atoms with E-state index in [2.05, 4.69) is 5.32 Å². The van der Waals surface area contributed by atoms with Crippen molar-refractivity contribution < 1.29 is 14.4 Å². The third-order valence-corrected chi connectivity index (χ3v) is 6.91. The summed E-state index contributed by atoms with van der Waals surface area (Å²) in [6.45, 7) is 0. The lowest BCUT2D eigenvalue weighted by molar-refractivity contribution is -0.120. The summed E-state index contributed by atoms with van der Waals surface area (Å²) in [6.07, 6.45) is 0. The number of anilines is 1. The number of hydrogen-bond donors (Lipinski definition) is 1. The van der Waals surface area contributed by atoms with E-state index in [4.69, 9.17) is 4.99 Å². The lowest BCUT2D eigenvalue weighted by Gasteiger charge is -2.36. The van der Waals surface area contributed by atoms with Crippen LogP contribution in [0.2, 0.25) is 0 Å². The Morgan fingerprint density at radius 2 is 1.39 bits per heavy atom. The molecule has 1 amide bonds. The fraction of sp³-hybridized carbons (Fsp3) is 0.0769. The maximum absolute atomic E-state index is 13.8. The number of hydrogen-bond acceptors (Lipinski definition) is 4. The number of nitrogens with one attached hydrogen (secondary N) is 1. The molecule has 4 aliphatic rings. The van der Waals surface area contributed by atoms with E-state index in [0.29, 0.717) is 44.9 Å². The third-order valence-electron chi connectivity index (χ3n) is 6.91. The molecule has 0 aromatic heterocycles. The molecule has 3 aromatic rings. The molecule has 2 heterocycles. The molecule has 0 fully saturated rings. The second kappa shape index (κ2) is 5.32. The largest absolute Gasteiger partial charge is 0.325 e. The summed E-state index contributed by atoms with van der Waals surface area (Å²) in [6, 6.07) is 21.9. The van der Waals surface area contributed by atoms with Crippen molar-refractivity contribution in [3.05, 3.63) is 106 Å². The molecule has 5 heteroatoms. The van der Waals surface area contributed by atoms with E-state index in [-0.39, 0.29) is 17.5 Å². The van der Waals surface area contributed by atoms with E-state index >= 15 is 0 Å². The first-order chi connectivity index (χ1) is 15.1. The average molecular weight is 402 g/mol. The van der Waals surface area contributed by atoms with E-state index in [0.717, 1.165) is 5.56 Å². The molecule has 5 nitrogen and oxygen atoms in total. The van der Waals surface area contributed by atoms with E-state index in [1.54, 1.807) is 18.2 Å². The SMILES string of the molecule is O=C1C2=C(N=C3c4ccccc4C(=O)C3C23C(=O)Nc2ccccc23)c2ccccc21. The fourth-order valence-corrected chi connectivity index (χ4v) is 5.71. The number of carbonyl (C=O) groups is 3. The molecule has 0 bridgehead atoms. The molecule has 0 radical (unpaired) electrons. The first-order valence-electron chi connectivity index (χ1n) is 10.2. The van der Waals surface area contributed by atoms with Gasteiger partial charge in [-0.2, -0.15) is 0 Å². The van der Waals surface area contributed by atoms with Gasteiger partial charge in [0.1, 0.15) is 5.41 Å². The Labute approximate surface area is 177 Å². The van der Waals surface area contributed by atoms with Crippen LogP contribution >= 0.6 is 0 Å². The van der Waals surface area contributed by atoms with Crippen molar-refractivity contribution >= 4 is 34.6 Å². The third kappa shape index (κ3) is 1.71. The molecule has 1 N–H and O–H groups in total. The van der Waals surface area contributed by atoms with Crippen molar-refractivity contribution in [3.63, 3.8) is 0 Å². The normalized spacial score (nSPS) is 24.5. The van der Waals surface area contributed by atoms with Gasteiger partial charge >= 0.3 is 0 Å². The number of benzene rings is 3. The van der Waals surface area contributed by atoms with Crippen LogP contribution in [0, 0.1) is 5.92 Å². The molecule has 2 unspecified atom stereocenters. The molecule has 0 saturated heterocycles. The Hall–Kier alpha value is -4.12. The second-order valence-corrected chi connectivity index (χ2v) is 8.25. The Kier molecular flexibility index (Phi) is 2.86. The van der Waals surface area contributed by atoms with Gasteiger partial charge in [0, 0.05) is 33.5 Å². The zero-order chi connectivity index (χ0) is 20.9. The molecular formula is C26H14N2O3. The summed E-state index contributed by atoms with van der Waals surface area (Å²) in [7, 11) is 0. The highest BCUT2D eigenvalue weighted by molar-refractivity contribution is 6.39. The number of para-hydroxylation sites is 1. The highest BCUT2D eigenvalue weighted by Gasteiger charge is 2.66. The highest BCUT2D eigenvalue weighted by atomic mass is 16.2.